The maximum atomic E-state index is 12.0. The van der Waals surface area contributed by atoms with Crippen LogP contribution in [0.3, 0.4) is 0 Å². The molecule has 1 aromatic rings. The molecule has 1 saturated heterocycles. The van der Waals surface area contributed by atoms with Gasteiger partial charge >= 0.3 is 0 Å². The van der Waals surface area contributed by atoms with Crippen molar-refractivity contribution in [3.63, 3.8) is 0 Å². The van der Waals surface area contributed by atoms with E-state index in [1.165, 1.54) is 11.3 Å². The minimum Gasteiger partial charge on any atom is -0.366 e. The Bertz CT molecular complexity index is 502. The zero-order valence-corrected chi connectivity index (χ0v) is 12.3. The summed E-state index contributed by atoms with van der Waals surface area (Å²) in [5, 5.41) is 4.98. The van der Waals surface area contributed by atoms with E-state index in [0.717, 1.165) is 19.5 Å². The third-order valence-electron chi connectivity index (χ3n) is 3.65. The fraction of sp³-hybridized carbons (Fsp3) is 0.538. The Morgan fingerprint density at radius 1 is 1.55 bits per heavy atom. The van der Waals surface area contributed by atoms with Crippen LogP contribution >= 0.6 is 11.3 Å². The van der Waals surface area contributed by atoms with Gasteiger partial charge in [-0.05, 0) is 30.3 Å². The molecule has 2 heterocycles. The van der Waals surface area contributed by atoms with Crippen molar-refractivity contribution in [3.8, 4) is 0 Å². The third kappa shape index (κ3) is 3.56. The lowest BCUT2D eigenvalue weighted by Crippen LogP contribution is -2.49. The zero-order chi connectivity index (χ0) is 14.7. The van der Waals surface area contributed by atoms with Crippen LogP contribution in [0.25, 0.3) is 0 Å². The number of anilines is 1. The summed E-state index contributed by atoms with van der Waals surface area (Å²) < 4.78 is 0. The predicted octanol–water partition coefficient (Wildman–Crippen LogP) is 0.455. The normalized spacial score (nSPS) is 23.5. The molecule has 0 bridgehead atoms. The molecule has 2 amide bonds. The van der Waals surface area contributed by atoms with Gasteiger partial charge in [0.05, 0.1) is 12.1 Å². The van der Waals surface area contributed by atoms with Crippen molar-refractivity contribution in [1.82, 2.24) is 4.90 Å². The van der Waals surface area contributed by atoms with Crippen LogP contribution in [0.2, 0.25) is 0 Å². The summed E-state index contributed by atoms with van der Waals surface area (Å²) in [5.41, 5.74) is 11.6. The molecule has 2 unspecified atom stereocenters. The molecular formula is C13H20N4O2S. The number of likely N-dealkylation sites (tertiary alicyclic amines) is 1. The highest BCUT2D eigenvalue weighted by Gasteiger charge is 2.24. The number of piperidine rings is 1. The number of nitrogens with two attached hydrogens (primary N) is 2. The number of carbonyl (C=O) groups is 2. The summed E-state index contributed by atoms with van der Waals surface area (Å²) in [6, 6.07) is 1.72. The first kappa shape index (κ1) is 15.0. The molecule has 0 aromatic carbocycles. The Morgan fingerprint density at radius 3 is 2.95 bits per heavy atom. The Kier molecular flexibility index (Phi) is 4.74. The average Bonchev–Trinajstić information content (AvgIpc) is 2.82. The van der Waals surface area contributed by atoms with Crippen molar-refractivity contribution in [3.05, 3.63) is 17.0 Å². The molecule has 2 atom stereocenters. The molecule has 1 fully saturated rings. The minimum atomic E-state index is -0.532. The highest BCUT2D eigenvalue weighted by molar-refractivity contribution is 7.14. The first-order valence-electron chi connectivity index (χ1n) is 6.62. The maximum Gasteiger partial charge on any atom is 0.251 e. The van der Waals surface area contributed by atoms with Gasteiger partial charge in [-0.15, -0.1) is 11.3 Å². The second-order valence-corrected chi connectivity index (χ2v) is 6.16. The van der Waals surface area contributed by atoms with Crippen LogP contribution in [0, 0.1) is 5.92 Å². The van der Waals surface area contributed by atoms with Gasteiger partial charge in [0.1, 0.15) is 5.00 Å². The van der Waals surface area contributed by atoms with Crippen molar-refractivity contribution in [1.29, 1.82) is 0 Å². The summed E-state index contributed by atoms with van der Waals surface area (Å²) in [6.45, 7) is 4.01. The van der Waals surface area contributed by atoms with Crippen LogP contribution in [0.1, 0.15) is 23.7 Å². The summed E-state index contributed by atoms with van der Waals surface area (Å²) >= 11 is 1.29. The Hall–Kier alpha value is -1.44. The lowest BCUT2D eigenvalue weighted by Gasteiger charge is -2.34. The van der Waals surface area contributed by atoms with E-state index in [1.807, 2.05) is 4.90 Å². The quantitative estimate of drug-likeness (QED) is 0.751. The first-order valence-corrected chi connectivity index (χ1v) is 7.50. The van der Waals surface area contributed by atoms with Crippen LogP contribution in [0.15, 0.2) is 11.4 Å². The van der Waals surface area contributed by atoms with Crippen molar-refractivity contribution in [2.45, 2.75) is 19.4 Å². The number of amides is 2. The first-order chi connectivity index (χ1) is 9.47. The number of primary amides is 1. The smallest absolute Gasteiger partial charge is 0.251 e. The van der Waals surface area contributed by atoms with E-state index in [4.69, 9.17) is 11.5 Å². The molecule has 0 radical (unpaired) electrons. The summed E-state index contributed by atoms with van der Waals surface area (Å²) in [7, 11) is 0. The number of nitrogens with zero attached hydrogens (tertiary/aromatic N) is 1. The van der Waals surface area contributed by atoms with Gasteiger partial charge in [0.25, 0.3) is 5.91 Å². The molecular weight excluding hydrogens is 276 g/mol. The van der Waals surface area contributed by atoms with E-state index in [-0.39, 0.29) is 18.5 Å². The molecule has 5 N–H and O–H groups in total. The van der Waals surface area contributed by atoms with E-state index in [9.17, 15) is 9.59 Å². The lowest BCUT2D eigenvalue weighted by atomic mass is 9.94. The zero-order valence-electron chi connectivity index (χ0n) is 11.5. The SMILES string of the molecule is CC1CCN(CC(=O)Nc2sccc2C(N)=O)CC1N. The van der Waals surface area contributed by atoms with E-state index in [2.05, 4.69) is 12.2 Å². The average molecular weight is 296 g/mol. The summed E-state index contributed by atoms with van der Waals surface area (Å²) in [4.78, 5) is 25.2. The number of thiophene rings is 1. The number of nitrogens with one attached hydrogen (secondary N) is 1. The van der Waals surface area contributed by atoms with Gasteiger partial charge < -0.3 is 16.8 Å². The molecule has 1 aliphatic rings. The maximum absolute atomic E-state index is 12.0. The van der Waals surface area contributed by atoms with E-state index >= 15 is 0 Å². The van der Waals surface area contributed by atoms with Gasteiger partial charge in [-0.1, -0.05) is 6.92 Å². The third-order valence-corrected chi connectivity index (χ3v) is 4.48. The lowest BCUT2D eigenvalue weighted by molar-refractivity contribution is -0.117. The van der Waals surface area contributed by atoms with Gasteiger partial charge in [0.15, 0.2) is 0 Å². The molecule has 7 heteroatoms. The van der Waals surface area contributed by atoms with Crippen molar-refractivity contribution in [2.75, 3.05) is 25.0 Å². The minimum absolute atomic E-state index is 0.111. The summed E-state index contributed by atoms with van der Waals surface area (Å²) in [6.07, 6.45) is 1.000. The Balaban J connectivity index is 1.89. The Labute approximate surface area is 122 Å². The van der Waals surface area contributed by atoms with E-state index in [0.29, 0.717) is 16.5 Å². The monoisotopic (exact) mass is 296 g/mol. The summed E-state index contributed by atoms with van der Waals surface area (Å²) in [5.74, 6) is -0.180. The largest absolute Gasteiger partial charge is 0.366 e. The highest BCUT2D eigenvalue weighted by atomic mass is 32.1. The van der Waals surface area contributed by atoms with Crippen LogP contribution in [-0.4, -0.2) is 42.4 Å². The second kappa shape index (κ2) is 6.34. The van der Waals surface area contributed by atoms with Crippen molar-refractivity contribution < 1.29 is 9.59 Å². The van der Waals surface area contributed by atoms with E-state index in [1.54, 1.807) is 11.4 Å². The molecule has 1 aliphatic heterocycles. The molecule has 6 nitrogen and oxygen atoms in total. The van der Waals surface area contributed by atoms with Gasteiger partial charge in [0, 0.05) is 12.6 Å². The van der Waals surface area contributed by atoms with Crippen molar-refractivity contribution >= 4 is 28.2 Å². The van der Waals surface area contributed by atoms with Crippen LogP contribution in [0.4, 0.5) is 5.00 Å². The predicted molar refractivity (Wildman–Crippen MR) is 79.7 cm³/mol. The van der Waals surface area contributed by atoms with Gasteiger partial charge in [-0.25, -0.2) is 0 Å². The van der Waals surface area contributed by atoms with Crippen LogP contribution < -0.4 is 16.8 Å². The second-order valence-electron chi connectivity index (χ2n) is 5.24. The number of hydrogen-bond acceptors (Lipinski definition) is 5. The van der Waals surface area contributed by atoms with Crippen LogP contribution in [-0.2, 0) is 4.79 Å². The standard InChI is InChI=1S/C13H20N4O2S/c1-8-2-4-17(6-10(8)14)7-11(18)16-13-9(12(15)19)3-5-20-13/h3,5,8,10H,2,4,6-7,14H2,1H3,(H2,15,19)(H,16,18). The van der Waals surface area contributed by atoms with Gasteiger partial charge in [0.2, 0.25) is 5.91 Å². The van der Waals surface area contributed by atoms with E-state index < -0.39 is 5.91 Å². The molecule has 2 rings (SSSR count). The topological polar surface area (TPSA) is 101 Å². The van der Waals surface area contributed by atoms with Crippen LogP contribution in [0.5, 0.6) is 0 Å². The molecule has 20 heavy (non-hydrogen) atoms. The highest BCUT2D eigenvalue weighted by Crippen LogP contribution is 2.22. The molecule has 0 aliphatic carbocycles. The number of carbonyl (C=O) groups excluding carboxylic acids is 2. The molecule has 1 aromatic heterocycles. The fourth-order valence-electron chi connectivity index (χ4n) is 2.28. The fourth-order valence-corrected chi connectivity index (χ4v) is 3.09. The van der Waals surface area contributed by atoms with Gasteiger partial charge in [-0.2, -0.15) is 0 Å². The number of rotatable bonds is 4. The molecule has 110 valence electrons. The Morgan fingerprint density at radius 2 is 2.30 bits per heavy atom. The van der Waals surface area contributed by atoms with Crippen molar-refractivity contribution in [2.24, 2.45) is 17.4 Å². The molecule has 0 spiro atoms. The molecule has 0 saturated carbocycles. The van der Waals surface area contributed by atoms with Gasteiger partial charge in [-0.3, -0.25) is 14.5 Å². The number of hydrogen-bond donors (Lipinski definition) is 3.